The SMILES string of the molecule is CCCC[C@H](NC(C)=O)C(=O)N[C@@H]1CSSC[C@H](C(N)=O)NC(=O)[C@H](Cc2c[nH]c3ccccc23)NC(=O)[C@H](CCCNC(=N)N)NC(=O)[C@@H](Cc2ccccc2)NC(=O)[C@H](Cc2c[nH]cn2)NC(=O)[C@H](C)NC1=O. The van der Waals surface area contributed by atoms with Crippen LogP contribution in [0.4, 0.5) is 0 Å². The van der Waals surface area contributed by atoms with Gasteiger partial charge in [-0.1, -0.05) is 89.9 Å². The average Bonchev–Trinajstić information content (AvgIpc) is 4.05. The van der Waals surface area contributed by atoms with Crippen molar-refractivity contribution >= 4 is 91.6 Å². The highest BCUT2D eigenvalue weighted by molar-refractivity contribution is 8.76. The maximum atomic E-state index is 14.6. The zero-order chi connectivity index (χ0) is 54.4. The van der Waals surface area contributed by atoms with Gasteiger partial charge in [0.25, 0.3) is 0 Å². The molecule has 0 saturated carbocycles. The van der Waals surface area contributed by atoms with Crippen LogP contribution in [0.5, 0.6) is 0 Å². The minimum atomic E-state index is -1.38. The van der Waals surface area contributed by atoms with Gasteiger partial charge in [-0.25, -0.2) is 4.98 Å². The number of benzene rings is 2. The minimum absolute atomic E-state index is 0.0431. The number of aromatic amines is 2. The van der Waals surface area contributed by atoms with Crippen molar-refractivity contribution in [1.82, 2.24) is 62.8 Å². The molecule has 404 valence electrons. The maximum absolute atomic E-state index is 14.6. The number of primary amides is 1. The van der Waals surface area contributed by atoms with Crippen LogP contribution < -0.4 is 59.3 Å². The number of nitrogens with one attached hydrogen (secondary N) is 12. The minimum Gasteiger partial charge on any atom is -0.370 e. The van der Waals surface area contributed by atoms with Crippen molar-refractivity contribution < 1.29 is 43.2 Å². The number of unbranched alkanes of at least 4 members (excludes halogenated alkanes) is 1. The summed E-state index contributed by atoms with van der Waals surface area (Å²) in [4.78, 5) is 135. The van der Waals surface area contributed by atoms with Crippen molar-refractivity contribution in [2.24, 2.45) is 11.5 Å². The van der Waals surface area contributed by atoms with E-state index in [1.165, 1.54) is 26.4 Å². The van der Waals surface area contributed by atoms with Crippen molar-refractivity contribution in [1.29, 1.82) is 5.41 Å². The van der Waals surface area contributed by atoms with Gasteiger partial charge in [0.05, 0.1) is 12.0 Å². The van der Waals surface area contributed by atoms with Crippen LogP contribution in [0.2, 0.25) is 0 Å². The molecule has 0 spiro atoms. The third kappa shape index (κ3) is 18.7. The quantitative estimate of drug-likeness (QED) is 0.0266. The first-order valence-corrected chi connectivity index (χ1v) is 27.0. The Labute approximate surface area is 441 Å². The Balaban J connectivity index is 1.55. The number of amides is 9. The van der Waals surface area contributed by atoms with Crippen molar-refractivity contribution in [2.75, 3.05) is 18.1 Å². The van der Waals surface area contributed by atoms with Gasteiger partial charge in [-0.15, -0.1) is 0 Å². The Morgan fingerprint density at radius 3 is 2.04 bits per heavy atom. The molecule has 0 radical (unpaired) electrons. The molecule has 1 aliphatic heterocycles. The van der Waals surface area contributed by atoms with Gasteiger partial charge in [-0.2, -0.15) is 0 Å². The molecule has 0 aliphatic carbocycles. The van der Waals surface area contributed by atoms with Gasteiger partial charge >= 0.3 is 0 Å². The van der Waals surface area contributed by atoms with Crippen molar-refractivity contribution in [3.8, 4) is 0 Å². The topological polar surface area (TPSA) is 382 Å². The molecule has 4 aromatic rings. The number of guanidine groups is 1. The molecule has 2 aromatic heterocycles. The van der Waals surface area contributed by atoms with E-state index >= 15 is 0 Å². The number of hydrogen-bond donors (Lipinski definition) is 14. The zero-order valence-electron chi connectivity index (χ0n) is 41.9. The highest BCUT2D eigenvalue weighted by atomic mass is 33.1. The summed E-state index contributed by atoms with van der Waals surface area (Å²) in [6.45, 7) is 4.67. The molecule has 16 N–H and O–H groups in total. The number of hydrogen-bond acceptors (Lipinski definition) is 13. The van der Waals surface area contributed by atoms with E-state index in [-0.39, 0.29) is 62.5 Å². The van der Waals surface area contributed by atoms with Crippen LogP contribution >= 0.6 is 21.6 Å². The summed E-state index contributed by atoms with van der Waals surface area (Å²) in [7, 11) is 2.08. The summed E-state index contributed by atoms with van der Waals surface area (Å²) in [6.07, 6.45) is 5.94. The van der Waals surface area contributed by atoms with Crippen LogP contribution in [0.25, 0.3) is 10.9 Å². The highest BCUT2D eigenvalue weighted by Gasteiger charge is 2.35. The zero-order valence-corrected chi connectivity index (χ0v) is 43.6. The van der Waals surface area contributed by atoms with Gasteiger partial charge in [-0.05, 0) is 43.4 Å². The number of rotatable bonds is 17. The van der Waals surface area contributed by atoms with Gasteiger partial charge in [0.2, 0.25) is 53.2 Å². The molecule has 1 fully saturated rings. The van der Waals surface area contributed by atoms with Crippen molar-refractivity contribution in [3.05, 3.63) is 90.1 Å². The largest absolute Gasteiger partial charge is 0.370 e. The second-order valence-corrected chi connectivity index (χ2v) is 20.5. The summed E-state index contributed by atoms with van der Waals surface area (Å²) >= 11 is 0. The smallest absolute Gasteiger partial charge is 0.244 e. The van der Waals surface area contributed by atoms with Crippen LogP contribution in [-0.2, 0) is 62.4 Å². The molecular formula is C49H67N15O9S2. The molecular weight excluding hydrogens is 1010 g/mol. The second kappa shape index (κ2) is 29.3. The van der Waals surface area contributed by atoms with E-state index in [0.29, 0.717) is 29.7 Å². The first kappa shape index (κ1) is 58.3. The predicted octanol–water partition coefficient (Wildman–Crippen LogP) is -0.829. The fraction of sp³-hybridized carbons (Fsp3) is 0.449. The van der Waals surface area contributed by atoms with Crippen LogP contribution in [-0.4, -0.2) is 140 Å². The lowest BCUT2D eigenvalue weighted by atomic mass is 10.0. The number of nitrogens with two attached hydrogens (primary N) is 2. The molecule has 0 bridgehead atoms. The van der Waals surface area contributed by atoms with E-state index in [4.69, 9.17) is 16.9 Å². The molecule has 75 heavy (non-hydrogen) atoms. The Morgan fingerprint density at radius 2 is 1.37 bits per heavy atom. The van der Waals surface area contributed by atoms with E-state index in [9.17, 15) is 43.2 Å². The van der Waals surface area contributed by atoms with Crippen LogP contribution in [0.3, 0.4) is 0 Å². The number of H-pyrrole nitrogens is 2. The van der Waals surface area contributed by atoms with E-state index < -0.39 is 101 Å². The van der Waals surface area contributed by atoms with E-state index in [1.807, 2.05) is 31.2 Å². The van der Waals surface area contributed by atoms with Crippen molar-refractivity contribution in [3.63, 3.8) is 0 Å². The lowest BCUT2D eigenvalue weighted by molar-refractivity contribution is -0.135. The lowest BCUT2D eigenvalue weighted by Crippen LogP contribution is -2.61. The molecule has 8 atom stereocenters. The van der Waals surface area contributed by atoms with Crippen LogP contribution in [0.1, 0.15) is 69.7 Å². The number of carbonyl (C=O) groups is 9. The Hall–Kier alpha value is -7.61. The Kier molecular flexibility index (Phi) is 22.8. The van der Waals surface area contributed by atoms with Crippen LogP contribution in [0, 0.1) is 5.41 Å². The second-order valence-electron chi connectivity index (χ2n) is 18.0. The van der Waals surface area contributed by atoms with E-state index in [2.05, 4.69) is 62.8 Å². The van der Waals surface area contributed by atoms with Gasteiger partial charge in [0, 0.05) is 67.5 Å². The first-order chi connectivity index (χ1) is 35.9. The number of imidazole rings is 1. The number of carbonyl (C=O) groups excluding carboxylic acids is 9. The Bertz CT molecular complexity index is 2620. The number of fused-ring (bicyclic) bond motifs is 1. The van der Waals surface area contributed by atoms with Gasteiger partial charge in [0.15, 0.2) is 5.96 Å². The fourth-order valence-corrected chi connectivity index (χ4v) is 10.3. The third-order valence-electron chi connectivity index (χ3n) is 12.0. The summed E-state index contributed by atoms with van der Waals surface area (Å²) in [5, 5.41) is 32.6. The standard InChI is InChI=1S/C49H67N15O9S2/c1-4-5-15-34(58-28(3)65)43(68)64-40-25-75-74-24-39(41(50)66)63-46(71)37(20-30-22-55-33-16-10-9-14-32(30)33)62-44(69)35(17-11-18-54-49(51)52)59-45(70)36(19-29-12-7-6-8-13-29)61-47(72)38(21-31-23-53-26-56-31)60-42(67)27(2)57-48(40)73/h6-10,12-14,16,22-23,26-27,34-40,55H,4-5,11,15,17-21,24-25H2,1-3H3,(H2,50,66)(H,53,56)(H,57,73)(H,58,65)(H,59,70)(H,60,67)(H,61,72)(H,62,69)(H,63,71)(H,64,68)(H4,51,52,54)/t27-,34-,35-,36+,37-,38-,39+,40+/m0/s1. The third-order valence-corrected chi connectivity index (χ3v) is 14.4. The molecule has 3 heterocycles. The maximum Gasteiger partial charge on any atom is 0.244 e. The predicted molar refractivity (Wildman–Crippen MR) is 284 cm³/mol. The summed E-state index contributed by atoms with van der Waals surface area (Å²) in [5.41, 5.74) is 13.7. The number of nitrogens with zero attached hydrogens (tertiary/aromatic N) is 1. The molecule has 26 heteroatoms. The van der Waals surface area contributed by atoms with Gasteiger partial charge in [0.1, 0.15) is 48.3 Å². The molecule has 1 saturated heterocycles. The Morgan fingerprint density at radius 1 is 0.747 bits per heavy atom. The lowest BCUT2D eigenvalue weighted by Gasteiger charge is -2.27. The number of para-hydroxylation sites is 1. The normalized spacial score (nSPS) is 22.2. The molecule has 1 aliphatic rings. The van der Waals surface area contributed by atoms with Gasteiger partial charge < -0.3 is 69.3 Å². The first-order valence-electron chi connectivity index (χ1n) is 24.5. The monoisotopic (exact) mass is 1070 g/mol. The molecule has 24 nitrogen and oxygen atoms in total. The van der Waals surface area contributed by atoms with E-state index in [1.54, 1.807) is 36.5 Å². The molecule has 9 amide bonds. The molecule has 0 unspecified atom stereocenters. The van der Waals surface area contributed by atoms with Gasteiger partial charge in [-0.3, -0.25) is 48.6 Å². The molecule has 5 rings (SSSR count). The van der Waals surface area contributed by atoms with E-state index in [0.717, 1.165) is 32.5 Å². The summed E-state index contributed by atoms with van der Waals surface area (Å²) < 4.78 is 0. The van der Waals surface area contributed by atoms with Crippen molar-refractivity contribution in [2.45, 2.75) is 120 Å². The highest BCUT2D eigenvalue weighted by Crippen LogP contribution is 2.24. The fourth-order valence-electron chi connectivity index (χ4n) is 7.98. The average molecular weight is 1070 g/mol. The number of aromatic nitrogens is 3. The van der Waals surface area contributed by atoms with Crippen LogP contribution in [0.15, 0.2) is 73.3 Å². The summed E-state index contributed by atoms with van der Waals surface area (Å²) in [6, 6.07) is 5.59. The summed E-state index contributed by atoms with van der Waals surface area (Å²) in [5.74, 6) is -7.50. The molecule has 2 aromatic carbocycles.